The van der Waals surface area contributed by atoms with Crippen LogP contribution in [0.15, 0.2) is 15.3 Å². The first-order valence-corrected chi connectivity index (χ1v) is 5.41. The van der Waals surface area contributed by atoms with Crippen LogP contribution in [-0.4, -0.2) is 21.8 Å². The van der Waals surface area contributed by atoms with Crippen molar-refractivity contribution in [2.45, 2.75) is 13.0 Å². The smallest absolute Gasteiger partial charge is 0.257 e. The van der Waals surface area contributed by atoms with Gasteiger partial charge in [-0.15, -0.1) is 0 Å². The number of aliphatic hydroxyl groups is 1. The molecule has 6 heteroatoms. The van der Waals surface area contributed by atoms with Crippen LogP contribution in [0.1, 0.15) is 17.6 Å². The Balaban J connectivity index is 2.32. The van der Waals surface area contributed by atoms with E-state index in [4.69, 9.17) is 10.3 Å². The Labute approximate surface area is 90.5 Å². The highest BCUT2D eigenvalue weighted by Crippen LogP contribution is 2.25. The second kappa shape index (κ2) is 4.09. The number of aliphatic hydroxyl groups excluding tert-OH is 1. The lowest BCUT2D eigenvalue weighted by molar-refractivity contribution is 0.141. The van der Waals surface area contributed by atoms with Crippen LogP contribution in [0.5, 0.6) is 0 Å². The third-order valence-electron chi connectivity index (χ3n) is 2.05. The first-order chi connectivity index (χ1) is 7.22. The van der Waals surface area contributed by atoms with Crippen LogP contribution in [0.2, 0.25) is 0 Å². The lowest BCUT2D eigenvalue weighted by atomic mass is 10.2. The number of hydrogen-bond donors (Lipinski definition) is 2. The van der Waals surface area contributed by atoms with E-state index < -0.39 is 6.10 Å². The molecule has 0 aliphatic carbocycles. The van der Waals surface area contributed by atoms with Crippen molar-refractivity contribution in [2.75, 3.05) is 6.54 Å². The zero-order valence-corrected chi connectivity index (χ0v) is 8.99. The van der Waals surface area contributed by atoms with Crippen molar-refractivity contribution in [3.05, 3.63) is 22.2 Å². The molecule has 0 fully saturated rings. The minimum atomic E-state index is -0.884. The molecule has 2 aromatic rings. The molecule has 0 spiro atoms. The van der Waals surface area contributed by atoms with Crippen molar-refractivity contribution in [3.63, 3.8) is 0 Å². The Bertz CT molecular complexity index is 452. The highest BCUT2D eigenvalue weighted by atomic mass is 32.1. The fourth-order valence-electron chi connectivity index (χ4n) is 1.17. The Morgan fingerprint density at radius 2 is 2.40 bits per heavy atom. The van der Waals surface area contributed by atoms with E-state index in [-0.39, 0.29) is 12.4 Å². The van der Waals surface area contributed by atoms with E-state index in [2.05, 4.69) is 10.1 Å². The first kappa shape index (κ1) is 10.3. The molecule has 0 saturated carbocycles. The molecule has 3 N–H and O–H groups in total. The van der Waals surface area contributed by atoms with E-state index in [1.165, 1.54) is 0 Å². The summed E-state index contributed by atoms with van der Waals surface area (Å²) in [6.07, 6.45) is -0.884. The van der Waals surface area contributed by atoms with Crippen molar-refractivity contribution in [3.8, 4) is 11.4 Å². The average Bonchev–Trinajstić information content (AvgIpc) is 2.84. The fourth-order valence-corrected chi connectivity index (χ4v) is 2.00. The summed E-state index contributed by atoms with van der Waals surface area (Å²) in [5, 5.41) is 17.1. The Hall–Kier alpha value is -1.24. The predicted molar refractivity (Wildman–Crippen MR) is 56.4 cm³/mol. The SMILES string of the molecule is Cc1cscc1-c1noc(C(O)CN)n1. The van der Waals surface area contributed by atoms with Gasteiger partial charge in [-0.3, -0.25) is 0 Å². The van der Waals surface area contributed by atoms with Crippen molar-refractivity contribution in [1.82, 2.24) is 10.1 Å². The van der Waals surface area contributed by atoms with Crippen LogP contribution in [0.25, 0.3) is 11.4 Å². The Morgan fingerprint density at radius 3 is 3.00 bits per heavy atom. The van der Waals surface area contributed by atoms with Crippen LogP contribution < -0.4 is 5.73 Å². The monoisotopic (exact) mass is 225 g/mol. The van der Waals surface area contributed by atoms with Crippen LogP contribution in [0.4, 0.5) is 0 Å². The van der Waals surface area contributed by atoms with Crippen LogP contribution in [0.3, 0.4) is 0 Å². The number of aryl methyl sites for hydroxylation is 1. The molecule has 5 nitrogen and oxygen atoms in total. The quantitative estimate of drug-likeness (QED) is 0.817. The number of hydrogen-bond acceptors (Lipinski definition) is 6. The van der Waals surface area contributed by atoms with Gasteiger partial charge in [-0.1, -0.05) is 5.16 Å². The summed E-state index contributed by atoms with van der Waals surface area (Å²) < 4.78 is 4.91. The van der Waals surface area contributed by atoms with Gasteiger partial charge in [0.15, 0.2) is 0 Å². The molecule has 0 aromatic carbocycles. The summed E-state index contributed by atoms with van der Waals surface area (Å²) >= 11 is 1.58. The maximum atomic E-state index is 9.39. The first-order valence-electron chi connectivity index (χ1n) is 4.47. The lowest BCUT2D eigenvalue weighted by Crippen LogP contribution is -2.11. The zero-order chi connectivity index (χ0) is 10.8. The number of nitrogens with two attached hydrogens (primary N) is 1. The minimum Gasteiger partial charge on any atom is -0.382 e. The van der Waals surface area contributed by atoms with Gasteiger partial charge >= 0.3 is 0 Å². The fraction of sp³-hybridized carbons (Fsp3) is 0.333. The van der Waals surface area contributed by atoms with E-state index in [0.29, 0.717) is 5.82 Å². The molecule has 2 heterocycles. The van der Waals surface area contributed by atoms with E-state index in [9.17, 15) is 5.11 Å². The van der Waals surface area contributed by atoms with E-state index in [1.54, 1.807) is 11.3 Å². The molecule has 15 heavy (non-hydrogen) atoms. The van der Waals surface area contributed by atoms with Gasteiger partial charge in [0.05, 0.1) is 0 Å². The van der Waals surface area contributed by atoms with Gasteiger partial charge < -0.3 is 15.4 Å². The highest BCUT2D eigenvalue weighted by molar-refractivity contribution is 7.08. The number of aromatic nitrogens is 2. The molecule has 0 aliphatic rings. The molecule has 0 bridgehead atoms. The Morgan fingerprint density at radius 1 is 1.60 bits per heavy atom. The van der Waals surface area contributed by atoms with Gasteiger partial charge in [-0.2, -0.15) is 16.3 Å². The predicted octanol–water partition coefficient (Wildman–Crippen LogP) is 1.10. The van der Waals surface area contributed by atoms with Gasteiger partial charge in [0.2, 0.25) is 5.82 Å². The molecule has 2 rings (SSSR count). The number of rotatable bonds is 3. The van der Waals surface area contributed by atoms with E-state index in [0.717, 1.165) is 11.1 Å². The summed E-state index contributed by atoms with van der Waals surface area (Å²) in [6, 6.07) is 0. The van der Waals surface area contributed by atoms with Crippen LogP contribution >= 0.6 is 11.3 Å². The normalized spacial score (nSPS) is 13.0. The summed E-state index contributed by atoms with van der Waals surface area (Å²) in [7, 11) is 0. The summed E-state index contributed by atoms with van der Waals surface area (Å²) in [5.74, 6) is 0.661. The number of thiophene rings is 1. The van der Waals surface area contributed by atoms with E-state index >= 15 is 0 Å². The number of nitrogens with zero attached hydrogens (tertiary/aromatic N) is 2. The van der Waals surface area contributed by atoms with Crippen molar-refractivity contribution in [1.29, 1.82) is 0 Å². The summed E-state index contributed by atoms with van der Waals surface area (Å²) in [4.78, 5) is 4.08. The molecule has 0 saturated heterocycles. The topological polar surface area (TPSA) is 85.2 Å². The minimum absolute atomic E-state index is 0.0737. The second-order valence-electron chi connectivity index (χ2n) is 3.18. The molecule has 0 aliphatic heterocycles. The summed E-state index contributed by atoms with van der Waals surface area (Å²) in [5.41, 5.74) is 7.31. The van der Waals surface area contributed by atoms with Crippen molar-refractivity contribution >= 4 is 11.3 Å². The molecule has 0 radical (unpaired) electrons. The maximum absolute atomic E-state index is 9.39. The van der Waals surface area contributed by atoms with E-state index in [1.807, 2.05) is 17.7 Å². The Kier molecular flexibility index (Phi) is 2.81. The zero-order valence-electron chi connectivity index (χ0n) is 8.17. The van der Waals surface area contributed by atoms with Gasteiger partial charge in [-0.25, -0.2) is 0 Å². The molecule has 1 atom stereocenters. The summed E-state index contributed by atoms with van der Waals surface area (Å²) in [6.45, 7) is 2.05. The van der Waals surface area contributed by atoms with Gasteiger partial charge in [0.1, 0.15) is 6.10 Å². The van der Waals surface area contributed by atoms with Gasteiger partial charge in [-0.05, 0) is 17.9 Å². The highest BCUT2D eigenvalue weighted by Gasteiger charge is 2.16. The van der Waals surface area contributed by atoms with Crippen LogP contribution in [0, 0.1) is 6.92 Å². The molecule has 1 unspecified atom stereocenters. The molecular formula is C9H11N3O2S. The largest absolute Gasteiger partial charge is 0.382 e. The average molecular weight is 225 g/mol. The lowest BCUT2D eigenvalue weighted by Gasteiger charge is -1.97. The van der Waals surface area contributed by atoms with Gasteiger partial charge in [0.25, 0.3) is 5.89 Å². The van der Waals surface area contributed by atoms with Crippen molar-refractivity contribution in [2.24, 2.45) is 5.73 Å². The second-order valence-corrected chi connectivity index (χ2v) is 3.92. The van der Waals surface area contributed by atoms with Gasteiger partial charge in [0, 0.05) is 17.5 Å². The third-order valence-corrected chi connectivity index (χ3v) is 2.91. The standard InChI is InChI=1S/C9H11N3O2S/c1-5-3-15-4-6(5)8-11-9(14-12-8)7(13)2-10/h3-4,7,13H,2,10H2,1H3. The molecule has 2 aromatic heterocycles. The molecular weight excluding hydrogens is 214 g/mol. The van der Waals surface area contributed by atoms with Crippen LogP contribution in [-0.2, 0) is 0 Å². The maximum Gasteiger partial charge on any atom is 0.257 e. The van der Waals surface area contributed by atoms with Crippen molar-refractivity contribution < 1.29 is 9.63 Å². The third kappa shape index (κ3) is 1.92. The molecule has 80 valence electrons. The molecule has 0 amide bonds.